The SMILES string of the molecule is CCOc1ccc(C(C)NC(=O)CC2(N)CCCC2)cc1. The molecule has 0 radical (unpaired) electrons. The van der Waals surface area contributed by atoms with Gasteiger partial charge in [0.05, 0.1) is 12.6 Å². The zero-order chi connectivity index (χ0) is 15.3. The summed E-state index contributed by atoms with van der Waals surface area (Å²) in [6.45, 7) is 4.61. The maximum atomic E-state index is 12.1. The van der Waals surface area contributed by atoms with Crippen molar-refractivity contribution in [3.05, 3.63) is 29.8 Å². The Morgan fingerprint density at radius 2 is 1.95 bits per heavy atom. The Balaban J connectivity index is 1.88. The lowest BCUT2D eigenvalue weighted by molar-refractivity contribution is -0.122. The van der Waals surface area contributed by atoms with Gasteiger partial charge in [0.15, 0.2) is 0 Å². The highest BCUT2D eigenvalue weighted by Gasteiger charge is 2.31. The topological polar surface area (TPSA) is 64.3 Å². The van der Waals surface area contributed by atoms with E-state index >= 15 is 0 Å². The minimum absolute atomic E-state index is 0.0156. The van der Waals surface area contributed by atoms with Crippen LogP contribution in [-0.2, 0) is 4.79 Å². The Kier molecular flexibility index (Phi) is 5.23. The summed E-state index contributed by atoms with van der Waals surface area (Å²) in [5, 5.41) is 3.04. The number of nitrogens with one attached hydrogen (secondary N) is 1. The molecule has 0 heterocycles. The Bertz CT molecular complexity index is 464. The Hall–Kier alpha value is -1.55. The molecular formula is C17H26N2O2. The Labute approximate surface area is 127 Å². The maximum absolute atomic E-state index is 12.1. The van der Waals surface area contributed by atoms with Crippen molar-refractivity contribution in [2.75, 3.05) is 6.61 Å². The molecule has 1 aliphatic carbocycles. The van der Waals surface area contributed by atoms with Crippen LogP contribution in [0.25, 0.3) is 0 Å². The number of ether oxygens (including phenoxy) is 1. The molecule has 21 heavy (non-hydrogen) atoms. The lowest BCUT2D eigenvalue weighted by atomic mass is 9.94. The van der Waals surface area contributed by atoms with Crippen LogP contribution >= 0.6 is 0 Å². The second-order valence-electron chi connectivity index (χ2n) is 6.04. The molecule has 4 nitrogen and oxygen atoms in total. The number of nitrogens with two attached hydrogens (primary N) is 1. The van der Waals surface area contributed by atoms with Gasteiger partial charge in [-0.1, -0.05) is 25.0 Å². The molecule has 0 saturated heterocycles. The fourth-order valence-electron chi connectivity index (χ4n) is 2.97. The van der Waals surface area contributed by atoms with E-state index in [2.05, 4.69) is 5.32 Å². The van der Waals surface area contributed by atoms with Crippen LogP contribution in [0.5, 0.6) is 5.75 Å². The van der Waals surface area contributed by atoms with E-state index in [0.29, 0.717) is 13.0 Å². The first-order valence-corrected chi connectivity index (χ1v) is 7.83. The predicted octanol–water partition coefficient (Wildman–Crippen LogP) is 2.92. The summed E-state index contributed by atoms with van der Waals surface area (Å²) in [5.74, 6) is 0.896. The summed E-state index contributed by atoms with van der Waals surface area (Å²) in [4.78, 5) is 12.1. The molecule has 1 fully saturated rings. The van der Waals surface area contributed by atoms with E-state index in [4.69, 9.17) is 10.5 Å². The summed E-state index contributed by atoms with van der Waals surface area (Å²) < 4.78 is 5.42. The van der Waals surface area contributed by atoms with Crippen LogP contribution < -0.4 is 15.8 Å². The molecule has 1 aromatic rings. The second kappa shape index (κ2) is 6.94. The lowest BCUT2D eigenvalue weighted by Gasteiger charge is -2.24. The van der Waals surface area contributed by atoms with Gasteiger partial charge in [0.1, 0.15) is 5.75 Å². The van der Waals surface area contributed by atoms with Crippen LogP contribution in [0.3, 0.4) is 0 Å². The van der Waals surface area contributed by atoms with E-state index in [-0.39, 0.29) is 17.5 Å². The first kappa shape index (κ1) is 15.8. The zero-order valence-electron chi connectivity index (χ0n) is 13.0. The van der Waals surface area contributed by atoms with Crippen molar-refractivity contribution in [2.24, 2.45) is 5.73 Å². The van der Waals surface area contributed by atoms with Crippen molar-refractivity contribution >= 4 is 5.91 Å². The van der Waals surface area contributed by atoms with Gasteiger partial charge in [-0.3, -0.25) is 4.79 Å². The number of hydrogen-bond acceptors (Lipinski definition) is 3. The second-order valence-corrected chi connectivity index (χ2v) is 6.04. The first-order valence-electron chi connectivity index (χ1n) is 7.83. The van der Waals surface area contributed by atoms with Gasteiger partial charge < -0.3 is 15.8 Å². The highest BCUT2D eigenvalue weighted by Crippen LogP contribution is 2.30. The van der Waals surface area contributed by atoms with Gasteiger partial charge in [0.2, 0.25) is 5.91 Å². The fourth-order valence-corrected chi connectivity index (χ4v) is 2.97. The molecule has 1 saturated carbocycles. The first-order chi connectivity index (χ1) is 10.0. The van der Waals surface area contributed by atoms with E-state index in [1.54, 1.807) is 0 Å². The van der Waals surface area contributed by atoms with E-state index in [1.807, 2.05) is 38.1 Å². The summed E-state index contributed by atoms with van der Waals surface area (Å²) >= 11 is 0. The van der Waals surface area contributed by atoms with Crippen LogP contribution in [0.2, 0.25) is 0 Å². The van der Waals surface area contributed by atoms with Crippen molar-refractivity contribution in [1.82, 2.24) is 5.32 Å². The molecule has 0 aliphatic heterocycles. The monoisotopic (exact) mass is 290 g/mol. The highest BCUT2D eigenvalue weighted by molar-refractivity contribution is 5.77. The Morgan fingerprint density at radius 1 is 1.33 bits per heavy atom. The van der Waals surface area contributed by atoms with Gasteiger partial charge in [-0.15, -0.1) is 0 Å². The average molecular weight is 290 g/mol. The molecule has 0 spiro atoms. The number of amides is 1. The molecule has 4 heteroatoms. The highest BCUT2D eigenvalue weighted by atomic mass is 16.5. The third-order valence-electron chi connectivity index (χ3n) is 4.18. The molecule has 3 N–H and O–H groups in total. The van der Waals surface area contributed by atoms with E-state index in [1.165, 1.54) is 0 Å². The number of hydrogen-bond donors (Lipinski definition) is 2. The summed E-state index contributed by atoms with van der Waals surface area (Å²) in [6.07, 6.45) is 4.61. The molecule has 1 unspecified atom stereocenters. The molecule has 0 aromatic heterocycles. The average Bonchev–Trinajstić information content (AvgIpc) is 2.86. The quantitative estimate of drug-likeness (QED) is 0.846. The molecule has 0 bridgehead atoms. The predicted molar refractivity (Wildman–Crippen MR) is 84.2 cm³/mol. The van der Waals surface area contributed by atoms with E-state index < -0.39 is 0 Å². The van der Waals surface area contributed by atoms with E-state index in [9.17, 15) is 4.79 Å². The largest absolute Gasteiger partial charge is 0.494 e. The fraction of sp³-hybridized carbons (Fsp3) is 0.588. The Morgan fingerprint density at radius 3 is 2.52 bits per heavy atom. The minimum atomic E-state index is -0.289. The summed E-state index contributed by atoms with van der Waals surface area (Å²) in [6, 6.07) is 7.83. The molecule has 116 valence electrons. The van der Waals surface area contributed by atoms with Crippen molar-refractivity contribution < 1.29 is 9.53 Å². The van der Waals surface area contributed by atoms with Crippen LogP contribution in [0.1, 0.15) is 57.6 Å². The number of carbonyl (C=O) groups is 1. The van der Waals surface area contributed by atoms with Crippen molar-refractivity contribution in [3.63, 3.8) is 0 Å². The van der Waals surface area contributed by atoms with Gasteiger partial charge in [0.25, 0.3) is 0 Å². The molecule has 2 rings (SSSR count). The normalized spacial score (nSPS) is 18.2. The van der Waals surface area contributed by atoms with Gasteiger partial charge in [-0.2, -0.15) is 0 Å². The van der Waals surface area contributed by atoms with Crippen LogP contribution in [0.4, 0.5) is 0 Å². The maximum Gasteiger partial charge on any atom is 0.222 e. The smallest absolute Gasteiger partial charge is 0.222 e. The van der Waals surface area contributed by atoms with Gasteiger partial charge in [0, 0.05) is 12.0 Å². The van der Waals surface area contributed by atoms with Gasteiger partial charge in [-0.25, -0.2) is 0 Å². The summed E-state index contributed by atoms with van der Waals surface area (Å²) in [7, 11) is 0. The third kappa shape index (κ3) is 4.46. The number of rotatable bonds is 6. The molecule has 1 aromatic carbocycles. The minimum Gasteiger partial charge on any atom is -0.494 e. The van der Waals surface area contributed by atoms with Gasteiger partial charge >= 0.3 is 0 Å². The van der Waals surface area contributed by atoms with Crippen LogP contribution in [0.15, 0.2) is 24.3 Å². The summed E-state index contributed by atoms with van der Waals surface area (Å²) in [5.41, 5.74) is 7.03. The van der Waals surface area contributed by atoms with Crippen molar-refractivity contribution in [3.8, 4) is 5.75 Å². The van der Waals surface area contributed by atoms with Crippen LogP contribution in [0, 0.1) is 0 Å². The molecule has 1 aliphatic rings. The van der Waals surface area contributed by atoms with Crippen LogP contribution in [-0.4, -0.2) is 18.1 Å². The van der Waals surface area contributed by atoms with Gasteiger partial charge in [-0.05, 0) is 44.4 Å². The molecular weight excluding hydrogens is 264 g/mol. The lowest BCUT2D eigenvalue weighted by Crippen LogP contribution is -2.42. The third-order valence-corrected chi connectivity index (χ3v) is 4.18. The van der Waals surface area contributed by atoms with Crippen molar-refractivity contribution in [1.29, 1.82) is 0 Å². The van der Waals surface area contributed by atoms with Crippen molar-refractivity contribution in [2.45, 2.75) is 57.5 Å². The zero-order valence-corrected chi connectivity index (χ0v) is 13.0. The standard InChI is InChI=1S/C17H26N2O2/c1-3-21-15-8-6-14(7-9-15)13(2)19-16(20)12-17(18)10-4-5-11-17/h6-9,13H,3-5,10-12,18H2,1-2H3,(H,19,20). The number of carbonyl (C=O) groups excluding carboxylic acids is 1. The number of benzene rings is 1. The molecule has 1 atom stereocenters. The van der Waals surface area contributed by atoms with E-state index in [0.717, 1.165) is 37.0 Å². The molecule has 1 amide bonds.